The SMILES string of the molecule is O=C(Nc1ccccc1)c1cc(-c2ccccc2)no1. The minimum atomic E-state index is -0.314. The second kappa shape index (κ2) is 5.40. The second-order valence-corrected chi connectivity index (χ2v) is 4.26. The van der Waals surface area contributed by atoms with Crippen molar-refractivity contribution in [1.29, 1.82) is 0 Å². The first-order valence-corrected chi connectivity index (χ1v) is 6.21. The zero-order valence-corrected chi connectivity index (χ0v) is 10.6. The van der Waals surface area contributed by atoms with Crippen LogP contribution in [0.5, 0.6) is 0 Å². The average Bonchev–Trinajstić information content (AvgIpc) is 2.99. The first-order chi connectivity index (χ1) is 9.83. The molecule has 0 aliphatic heterocycles. The highest BCUT2D eigenvalue weighted by Gasteiger charge is 2.13. The maximum atomic E-state index is 12.0. The number of hydrogen-bond donors (Lipinski definition) is 1. The van der Waals surface area contributed by atoms with Crippen LogP contribution < -0.4 is 5.32 Å². The monoisotopic (exact) mass is 264 g/mol. The van der Waals surface area contributed by atoms with E-state index in [0.29, 0.717) is 5.69 Å². The molecule has 0 unspecified atom stereocenters. The number of rotatable bonds is 3. The van der Waals surface area contributed by atoms with Crippen molar-refractivity contribution in [2.24, 2.45) is 0 Å². The first kappa shape index (κ1) is 12.2. The summed E-state index contributed by atoms with van der Waals surface area (Å²) in [6.45, 7) is 0. The van der Waals surface area contributed by atoms with E-state index in [0.717, 1.165) is 11.3 Å². The van der Waals surface area contributed by atoms with Gasteiger partial charge in [-0.05, 0) is 12.1 Å². The zero-order valence-electron chi connectivity index (χ0n) is 10.6. The van der Waals surface area contributed by atoms with E-state index < -0.39 is 0 Å². The van der Waals surface area contributed by atoms with Crippen LogP contribution in [0.15, 0.2) is 71.3 Å². The number of nitrogens with one attached hydrogen (secondary N) is 1. The molecular weight excluding hydrogens is 252 g/mol. The number of carbonyl (C=O) groups is 1. The highest BCUT2D eigenvalue weighted by atomic mass is 16.5. The van der Waals surface area contributed by atoms with Gasteiger partial charge in [0.05, 0.1) is 0 Å². The molecule has 0 radical (unpaired) electrons. The molecule has 2 aromatic carbocycles. The van der Waals surface area contributed by atoms with E-state index in [9.17, 15) is 4.79 Å². The Balaban J connectivity index is 1.79. The van der Waals surface area contributed by atoms with Crippen molar-refractivity contribution in [3.8, 4) is 11.3 Å². The van der Waals surface area contributed by atoms with Crippen molar-refractivity contribution in [2.75, 3.05) is 5.32 Å². The molecule has 4 nitrogen and oxygen atoms in total. The van der Waals surface area contributed by atoms with Crippen LogP contribution in [0.1, 0.15) is 10.6 Å². The molecule has 1 N–H and O–H groups in total. The van der Waals surface area contributed by atoms with Crippen LogP contribution >= 0.6 is 0 Å². The van der Waals surface area contributed by atoms with Gasteiger partial charge >= 0.3 is 0 Å². The normalized spacial score (nSPS) is 10.2. The Kier molecular flexibility index (Phi) is 3.29. The van der Waals surface area contributed by atoms with Crippen molar-refractivity contribution in [2.45, 2.75) is 0 Å². The van der Waals surface area contributed by atoms with Crippen molar-refractivity contribution in [1.82, 2.24) is 5.16 Å². The molecule has 3 rings (SSSR count). The maximum absolute atomic E-state index is 12.0. The molecule has 0 fully saturated rings. The zero-order chi connectivity index (χ0) is 13.8. The predicted molar refractivity (Wildman–Crippen MR) is 76.3 cm³/mol. The van der Waals surface area contributed by atoms with E-state index >= 15 is 0 Å². The Hall–Kier alpha value is -2.88. The largest absolute Gasteiger partial charge is 0.350 e. The van der Waals surface area contributed by atoms with Gasteiger partial charge in [0.2, 0.25) is 5.76 Å². The third-order valence-electron chi connectivity index (χ3n) is 2.84. The molecule has 20 heavy (non-hydrogen) atoms. The minimum Gasteiger partial charge on any atom is -0.350 e. The fraction of sp³-hybridized carbons (Fsp3) is 0. The third kappa shape index (κ3) is 2.59. The van der Waals surface area contributed by atoms with Crippen molar-refractivity contribution in [3.63, 3.8) is 0 Å². The molecule has 4 heteroatoms. The molecule has 1 amide bonds. The van der Waals surface area contributed by atoms with Gasteiger partial charge in [-0.1, -0.05) is 53.7 Å². The van der Waals surface area contributed by atoms with Crippen molar-refractivity contribution >= 4 is 11.6 Å². The summed E-state index contributed by atoms with van der Waals surface area (Å²) in [6.07, 6.45) is 0. The Morgan fingerprint density at radius 3 is 2.30 bits per heavy atom. The van der Waals surface area contributed by atoms with Crippen LogP contribution in [0, 0.1) is 0 Å². The standard InChI is InChI=1S/C16H12N2O2/c19-16(17-13-9-5-2-6-10-13)15-11-14(18-20-15)12-7-3-1-4-8-12/h1-11H,(H,17,19). The molecule has 98 valence electrons. The molecule has 0 aliphatic carbocycles. The summed E-state index contributed by atoms with van der Waals surface area (Å²) < 4.78 is 5.09. The smallest absolute Gasteiger partial charge is 0.294 e. The van der Waals surface area contributed by atoms with Gasteiger partial charge in [-0.15, -0.1) is 0 Å². The lowest BCUT2D eigenvalue weighted by atomic mass is 10.1. The second-order valence-electron chi connectivity index (χ2n) is 4.26. The molecule has 1 heterocycles. The topological polar surface area (TPSA) is 55.1 Å². The number of hydrogen-bond acceptors (Lipinski definition) is 3. The number of amides is 1. The molecular formula is C16H12N2O2. The fourth-order valence-electron chi connectivity index (χ4n) is 1.84. The summed E-state index contributed by atoms with van der Waals surface area (Å²) in [4.78, 5) is 12.0. The van der Waals surface area contributed by atoms with Gasteiger partial charge in [0, 0.05) is 17.3 Å². The number of carbonyl (C=O) groups excluding carboxylic acids is 1. The van der Waals surface area contributed by atoms with Gasteiger partial charge in [0.25, 0.3) is 5.91 Å². The molecule has 1 aromatic heterocycles. The Labute approximate surface area is 116 Å². The van der Waals surface area contributed by atoms with E-state index in [-0.39, 0.29) is 11.7 Å². The number of benzene rings is 2. The summed E-state index contributed by atoms with van der Waals surface area (Å²) >= 11 is 0. The van der Waals surface area contributed by atoms with E-state index in [1.807, 2.05) is 60.7 Å². The van der Waals surface area contributed by atoms with Crippen LogP contribution in [0.4, 0.5) is 5.69 Å². The Bertz CT molecular complexity index is 706. The van der Waals surface area contributed by atoms with E-state index in [1.165, 1.54) is 0 Å². The Morgan fingerprint density at radius 1 is 0.950 bits per heavy atom. The van der Waals surface area contributed by atoms with Gasteiger partial charge < -0.3 is 9.84 Å². The highest BCUT2D eigenvalue weighted by Crippen LogP contribution is 2.19. The lowest BCUT2D eigenvalue weighted by Crippen LogP contribution is -2.10. The van der Waals surface area contributed by atoms with E-state index in [2.05, 4.69) is 10.5 Å². The van der Waals surface area contributed by atoms with E-state index in [1.54, 1.807) is 6.07 Å². The highest BCUT2D eigenvalue weighted by molar-refractivity contribution is 6.02. The van der Waals surface area contributed by atoms with Crippen molar-refractivity contribution < 1.29 is 9.32 Å². The summed E-state index contributed by atoms with van der Waals surface area (Å²) in [6, 6.07) is 20.4. The summed E-state index contributed by atoms with van der Waals surface area (Å²) in [5.74, 6) is -0.126. The molecule has 0 atom stereocenters. The third-order valence-corrected chi connectivity index (χ3v) is 2.84. The van der Waals surface area contributed by atoms with Crippen molar-refractivity contribution in [3.05, 3.63) is 72.5 Å². The van der Waals surface area contributed by atoms with Gasteiger partial charge in [-0.25, -0.2) is 0 Å². The number of nitrogens with zero attached hydrogens (tertiary/aromatic N) is 1. The Morgan fingerprint density at radius 2 is 1.60 bits per heavy atom. The van der Waals surface area contributed by atoms with Crippen LogP contribution in [0.25, 0.3) is 11.3 Å². The van der Waals surface area contributed by atoms with Gasteiger partial charge in [-0.2, -0.15) is 0 Å². The molecule has 0 bridgehead atoms. The molecule has 0 aliphatic rings. The van der Waals surface area contributed by atoms with Gasteiger partial charge in [-0.3, -0.25) is 4.79 Å². The maximum Gasteiger partial charge on any atom is 0.294 e. The van der Waals surface area contributed by atoms with Crippen LogP contribution in [0.3, 0.4) is 0 Å². The number of anilines is 1. The number of aromatic nitrogens is 1. The summed E-state index contributed by atoms with van der Waals surface area (Å²) in [5.41, 5.74) is 2.27. The first-order valence-electron chi connectivity index (χ1n) is 6.21. The molecule has 3 aromatic rings. The summed E-state index contributed by atoms with van der Waals surface area (Å²) in [5, 5.41) is 6.66. The van der Waals surface area contributed by atoms with Gasteiger partial charge in [0.1, 0.15) is 5.69 Å². The van der Waals surface area contributed by atoms with Crippen LogP contribution in [-0.4, -0.2) is 11.1 Å². The molecule has 0 saturated heterocycles. The number of para-hydroxylation sites is 1. The lowest BCUT2D eigenvalue weighted by Gasteiger charge is -2.00. The van der Waals surface area contributed by atoms with Gasteiger partial charge in [0.15, 0.2) is 0 Å². The van der Waals surface area contributed by atoms with Crippen LogP contribution in [-0.2, 0) is 0 Å². The predicted octanol–water partition coefficient (Wildman–Crippen LogP) is 3.59. The average molecular weight is 264 g/mol. The van der Waals surface area contributed by atoms with E-state index in [4.69, 9.17) is 4.52 Å². The summed E-state index contributed by atoms with van der Waals surface area (Å²) in [7, 11) is 0. The lowest BCUT2D eigenvalue weighted by molar-refractivity contribution is 0.0988. The quantitative estimate of drug-likeness (QED) is 0.786. The fourth-order valence-corrected chi connectivity index (χ4v) is 1.84. The molecule has 0 saturated carbocycles. The molecule has 0 spiro atoms. The van der Waals surface area contributed by atoms with Crippen LogP contribution in [0.2, 0.25) is 0 Å². The minimum absolute atomic E-state index is 0.188.